The fourth-order valence-electron chi connectivity index (χ4n) is 2.00. The average Bonchev–Trinajstić information content (AvgIpc) is 2.48. The van der Waals surface area contributed by atoms with Gasteiger partial charge in [0.25, 0.3) is 11.6 Å². The molecule has 1 aromatic carbocycles. The molecule has 0 atom stereocenters. The summed E-state index contributed by atoms with van der Waals surface area (Å²) in [6, 6.07) is 4.08. The van der Waals surface area contributed by atoms with Gasteiger partial charge in [-0.2, -0.15) is 0 Å². The molecule has 0 aliphatic heterocycles. The number of nitro benzene ring substituents is 1. The molecule has 120 valence electrons. The monoisotopic (exact) mass is 310 g/mol. The highest BCUT2D eigenvalue weighted by Crippen LogP contribution is 2.30. The molecule has 0 saturated heterocycles. The Bertz CT molecular complexity index is 572. The summed E-state index contributed by atoms with van der Waals surface area (Å²) < 4.78 is 9.67. The summed E-state index contributed by atoms with van der Waals surface area (Å²) in [6.07, 6.45) is 0. The number of amides is 1. The number of carbonyl (C=O) groups is 2. The summed E-state index contributed by atoms with van der Waals surface area (Å²) in [6.45, 7) is 3.40. The van der Waals surface area contributed by atoms with Crippen LogP contribution in [-0.4, -0.2) is 43.7 Å². The van der Waals surface area contributed by atoms with Gasteiger partial charge in [0.2, 0.25) is 0 Å². The van der Waals surface area contributed by atoms with E-state index >= 15 is 0 Å². The van der Waals surface area contributed by atoms with E-state index in [1.54, 1.807) is 13.8 Å². The fraction of sp³-hybridized carbons (Fsp3) is 0.429. The first kappa shape index (κ1) is 17.6. The third kappa shape index (κ3) is 3.79. The van der Waals surface area contributed by atoms with E-state index in [1.165, 1.54) is 30.2 Å². The van der Waals surface area contributed by atoms with Crippen molar-refractivity contribution >= 4 is 23.3 Å². The van der Waals surface area contributed by atoms with Gasteiger partial charge in [-0.3, -0.25) is 14.9 Å². The van der Waals surface area contributed by atoms with Crippen LogP contribution in [0, 0.1) is 10.1 Å². The average molecular weight is 310 g/mol. The maximum Gasteiger partial charge on any atom is 0.347 e. The number of anilines is 1. The second-order valence-electron chi connectivity index (χ2n) is 4.22. The number of methoxy groups -OCH3 is 1. The highest BCUT2D eigenvalue weighted by atomic mass is 16.6. The number of benzene rings is 1. The molecular formula is C14H18N2O6. The molecule has 1 aromatic rings. The molecule has 0 saturated carbocycles. The van der Waals surface area contributed by atoms with E-state index < -0.39 is 22.5 Å². The Balaban J connectivity index is 3.45. The first-order valence-electron chi connectivity index (χ1n) is 6.71. The lowest BCUT2D eigenvalue weighted by atomic mass is 10.1. The number of esters is 1. The van der Waals surface area contributed by atoms with Gasteiger partial charge in [-0.05, 0) is 19.9 Å². The van der Waals surface area contributed by atoms with Crippen molar-refractivity contribution in [1.82, 2.24) is 0 Å². The minimum atomic E-state index is -0.839. The summed E-state index contributed by atoms with van der Waals surface area (Å²) in [5.41, 5.74) is -0.502. The van der Waals surface area contributed by atoms with Crippen molar-refractivity contribution in [2.45, 2.75) is 13.8 Å². The molecule has 0 radical (unpaired) electrons. The molecule has 0 spiro atoms. The van der Waals surface area contributed by atoms with Crippen LogP contribution in [0.1, 0.15) is 24.2 Å². The van der Waals surface area contributed by atoms with Gasteiger partial charge in [-0.25, -0.2) is 4.79 Å². The normalized spacial score (nSPS) is 10.1. The van der Waals surface area contributed by atoms with Crippen molar-refractivity contribution in [1.29, 1.82) is 0 Å². The molecule has 0 N–H and O–H groups in total. The molecule has 0 bridgehead atoms. The van der Waals surface area contributed by atoms with Gasteiger partial charge < -0.3 is 14.4 Å². The number of ether oxygens (including phenoxy) is 2. The van der Waals surface area contributed by atoms with Crippen molar-refractivity contribution in [3.05, 3.63) is 33.9 Å². The number of rotatable bonds is 7. The third-order valence-electron chi connectivity index (χ3n) is 2.87. The Morgan fingerprint density at radius 3 is 2.50 bits per heavy atom. The fourth-order valence-corrected chi connectivity index (χ4v) is 2.00. The van der Waals surface area contributed by atoms with Gasteiger partial charge in [-0.1, -0.05) is 6.07 Å². The number of hydrogen-bond donors (Lipinski definition) is 0. The topological polar surface area (TPSA) is 99.0 Å². The number of likely N-dealkylation sites (N-methyl/N-ethyl adjacent to an activating group) is 1. The van der Waals surface area contributed by atoms with Crippen molar-refractivity contribution in [3.63, 3.8) is 0 Å². The Labute approximate surface area is 127 Å². The first-order chi connectivity index (χ1) is 10.5. The minimum absolute atomic E-state index is 0.0719. The summed E-state index contributed by atoms with van der Waals surface area (Å²) in [5, 5.41) is 11.2. The molecule has 1 amide bonds. The summed E-state index contributed by atoms with van der Waals surface area (Å²) in [5.74, 6) is -1.25. The van der Waals surface area contributed by atoms with E-state index in [0.717, 1.165) is 0 Å². The molecule has 1 rings (SSSR count). The Morgan fingerprint density at radius 2 is 2.00 bits per heavy atom. The zero-order valence-electron chi connectivity index (χ0n) is 12.7. The predicted octanol–water partition coefficient (Wildman–Crippen LogP) is 1.77. The highest BCUT2D eigenvalue weighted by Gasteiger charge is 2.29. The van der Waals surface area contributed by atoms with Gasteiger partial charge in [0.1, 0.15) is 6.61 Å². The van der Waals surface area contributed by atoms with Gasteiger partial charge in [0.05, 0.1) is 17.2 Å². The number of hydrogen-bond acceptors (Lipinski definition) is 6. The number of nitrogens with zero attached hydrogens (tertiary/aromatic N) is 2. The standard InChI is InChI=1S/C14H18N2O6/c1-4-15(12(17)9-21-3)10-7-6-8-11(16(19)20)13(10)14(18)22-5-2/h6-8H,4-5,9H2,1-3H3. The molecule has 8 heteroatoms. The van der Waals surface area contributed by atoms with Crippen LogP contribution in [0.3, 0.4) is 0 Å². The van der Waals surface area contributed by atoms with E-state index in [1.807, 2.05) is 0 Å². The van der Waals surface area contributed by atoms with E-state index in [-0.39, 0.29) is 31.0 Å². The largest absolute Gasteiger partial charge is 0.462 e. The zero-order valence-corrected chi connectivity index (χ0v) is 12.7. The van der Waals surface area contributed by atoms with Crippen LogP contribution in [0.4, 0.5) is 11.4 Å². The number of carbonyl (C=O) groups excluding carboxylic acids is 2. The third-order valence-corrected chi connectivity index (χ3v) is 2.87. The molecule has 0 fully saturated rings. The molecule has 0 unspecified atom stereocenters. The molecule has 0 aromatic heterocycles. The van der Waals surface area contributed by atoms with E-state index in [2.05, 4.69) is 0 Å². The highest BCUT2D eigenvalue weighted by molar-refractivity contribution is 6.05. The van der Waals surface area contributed by atoms with Crippen molar-refractivity contribution in [2.75, 3.05) is 31.8 Å². The summed E-state index contributed by atoms with van der Waals surface area (Å²) >= 11 is 0. The van der Waals surface area contributed by atoms with Crippen LogP contribution in [0.25, 0.3) is 0 Å². The van der Waals surface area contributed by atoms with Crippen LogP contribution in [0.15, 0.2) is 18.2 Å². The Kier molecular flexibility index (Phi) is 6.46. The van der Waals surface area contributed by atoms with Crippen LogP contribution < -0.4 is 4.90 Å². The van der Waals surface area contributed by atoms with Crippen molar-refractivity contribution in [2.24, 2.45) is 0 Å². The second-order valence-corrected chi connectivity index (χ2v) is 4.22. The lowest BCUT2D eigenvalue weighted by Crippen LogP contribution is -2.35. The van der Waals surface area contributed by atoms with Gasteiger partial charge >= 0.3 is 5.97 Å². The smallest absolute Gasteiger partial charge is 0.347 e. The molecule has 8 nitrogen and oxygen atoms in total. The van der Waals surface area contributed by atoms with Crippen molar-refractivity contribution in [3.8, 4) is 0 Å². The summed E-state index contributed by atoms with van der Waals surface area (Å²) in [4.78, 5) is 35.9. The Hall–Kier alpha value is -2.48. The second kappa shape index (κ2) is 8.08. The van der Waals surface area contributed by atoms with Crippen LogP contribution in [0.5, 0.6) is 0 Å². The molecule has 0 aliphatic carbocycles. The van der Waals surface area contributed by atoms with Gasteiger partial charge in [0.15, 0.2) is 5.56 Å². The minimum Gasteiger partial charge on any atom is -0.462 e. The van der Waals surface area contributed by atoms with Crippen LogP contribution in [-0.2, 0) is 14.3 Å². The number of nitro groups is 1. The van der Waals surface area contributed by atoms with E-state index in [4.69, 9.17) is 9.47 Å². The first-order valence-corrected chi connectivity index (χ1v) is 6.71. The van der Waals surface area contributed by atoms with E-state index in [9.17, 15) is 19.7 Å². The molecule has 0 aliphatic rings. The summed E-state index contributed by atoms with van der Waals surface area (Å²) in [7, 11) is 1.37. The van der Waals surface area contributed by atoms with Crippen LogP contribution in [0.2, 0.25) is 0 Å². The molecular weight excluding hydrogens is 292 g/mol. The molecule has 0 heterocycles. The lowest BCUT2D eigenvalue weighted by Gasteiger charge is -2.22. The zero-order chi connectivity index (χ0) is 16.7. The van der Waals surface area contributed by atoms with Gasteiger partial charge in [0, 0.05) is 19.7 Å². The van der Waals surface area contributed by atoms with E-state index in [0.29, 0.717) is 0 Å². The Morgan fingerprint density at radius 1 is 1.32 bits per heavy atom. The van der Waals surface area contributed by atoms with Crippen molar-refractivity contribution < 1.29 is 24.0 Å². The lowest BCUT2D eigenvalue weighted by molar-refractivity contribution is -0.385. The molecule has 22 heavy (non-hydrogen) atoms. The quantitative estimate of drug-likeness (QED) is 0.432. The SMILES string of the molecule is CCOC(=O)c1c(N(CC)C(=O)COC)cccc1[N+](=O)[O-]. The van der Waals surface area contributed by atoms with Crippen LogP contribution >= 0.6 is 0 Å². The maximum absolute atomic E-state index is 12.1. The predicted molar refractivity (Wildman–Crippen MR) is 79.0 cm³/mol. The maximum atomic E-state index is 12.1. The van der Waals surface area contributed by atoms with Gasteiger partial charge in [-0.15, -0.1) is 0 Å².